The number of hydrogen-bond donors (Lipinski definition) is 1. The zero-order valence-electron chi connectivity index (χ0n) is 9.48. The van der Waals surface area contributed by atoms with Crippen LogP contribution < -0.4 is 5.32 Å². The van der Waals surface area contributed by atoms with E-state index in [9.17, 15) is 4.79 Å². The number of nitrogens with one attached hydrogen (secondary N) is 1. The first-order valence-corrected chi connectivity index (χ1v) is 5.41. The Hall–Kier alpha value is -1.61. The third kappa shape index (κ3) is 5.32. The van der Waals surface area contributed by atoms with Crippen molar-refractivity contribution in [2.45, 2.75) is 13.5 Å². The number of hydrogen-bond acceptors (Lipinski definition) is 3. The Labute approximate surface area is 96.1 Å². The molecule has 3 nitrogen and oxygen atoms in total. The van der Waals surface area contributed by atoms with Gasteiger partial charge in [-0.25, -0.2) is 4.79 Å². The molecule has 0 bridgehead atoms. The van der Waals surface area contributed by atoms with Crippen LogP contribution in [0.3, 0.4) is 0 Å². The van der Waals surface area contributed by atoms with Crippen LogP contribution in [0.25, 0.3) is 0 Å². The molecular formula is C13H17NO2. The maximum absolute atomic E-state index is 10.9. The average Bonchev–Trinajstić information content (AvgIpc) is 2.30. The van der Waals surface area contributed by atoms with Crippen LogP contribution in [0.4, 0.5) is 0 Å². The topological polar surface area (TPSA) is 38.3 Å². The summed E-state index contributed by atoms with van der Waals surface area (Å²) in [6, 6.07) is 10.1. The highest BCUT2D eigenvalue weighted by atomic mass is 16.5. The minimum Gasteiger partial charge on any atom is -0.463 e. The van der Waals surface area contributed by atoms with Crippen LogP contribution in [0.5, 0.6) is 0 Å². The number of carbonyl (C=O) groups excluding carboxylic acids is 1. The summed E-state index contributed by atoms with van der Waals surface area (Å²) < 4.78 is 4.75. The summed E-state index contributed by atoms with van der Waals surface area (Å²) in [4.78, 5) is 10.9. The zero-order chi connectivity index (χ0) is 11.6. The number of rotatable bonds is 6. The molecule has 0 aliphatic heterocycles. The van der Waals surface area contributed by atoms with Crippen molar-refractivity contribution in [3.63, 3.8) is 0 Å². The first-order valence-electron chi connectivity index (χ1n) is 5.41. The molecule has 0 aliphatic carbocycles. The van der Waals surface area contributed by atoms with E-state index in [1.54, 1.807) is 13.0 Å². The van der Waals surface area contributed by atoms with Gasteiger partial charge in [0.05, 0.1) is 6.61 Å². The molecule has 0 heterocycles. The van der Waals surface area contributed by atoms with Gasteiger partial charge in [0.1, 0.15) is 0 Å². The molecule has 0 radical (unpaired) electrons. The van der Waals surface area contributed by atoms with Gasteiger partial charge in [0.2, 0.25) is 0 Å². The van der Waals surface area contributed by atoms with E-state index in [1.807, 2.05) is 18.2 Å². The van der Waals surface area contributed by atoms with Crippen molar-refractivity contribution in [1.29, 1.82) is 0 Å². The van der Waals surface area contributed by atoms with Crippen molar-refractivity contribution in [3.05, 3.63) is 48.0 Å². The molecule has 0 saturated carbocycles. The van der Waals surface area contributed by atoms with Gasteiger partial charge in [0, 0.05) is 19.2 Å². The molecule has 0 saturated heterocycles. The van der Waals surface area contributed by atoms with Crippen molar-refractivity contribution in [2.24, 2.45) is 0 Å². The number of benzene rings is 1. The van der Waals surface area contributed by atoms with E-state index in [0.717, 1.165) is 6.54 Å². The van der Waals surface area contributed by atoms with Crippen LogP contribution >= 0.6 is 0 Å². The summed E-state index contributed by atoms with van der Waals surface area (Å²) in [6.07, 6.45) is 3.21. The van der Waals surface area contributed by atoms with Crippen molar-refractivity contribution < 1.29 is 9.53 Å². The highest BCUT2D eigenvalue weighted by molar-refractivity contribution is 5.81. The Morgan fingerprint density at radius 2 is 2.12 bits per heavy atom. The third-order valence-electron chi connectivity index (χ3n) is 1.97. The summed E-state index contributed by atoms with van der Waals surface area (Å²) in [7, 11) is 0. The van der Waals surface area contributed by atoms with Crippen LogP contribution in [0.2, 0.25) is 0 Å². The predicted octanol–water partition coefficient (Wildman–Crippen LogP) is 1.90. The Bertz CT molecular complexity index is 333. The molecule has 1 aromatic rings. The molecular weight excluding hydrogens is 202 g/mol. The minimum absolute atomic E-state index is 0.288. The average molecular weight is 219 g/mol. The lowest BCUT2D eigenvalue weighted by atomic mass is 10.2. The Balaban J connectivity index is 2.15. The SMILES string of the molecule is CCOC(=O)/C=C\CNCc1ccccc1. The van der Waals surface area contributed by atoms with E-state index in [-0.39, 0.29) is 5.97 Å². The van der Waals surface area contributed by atoms with Gasteiger partial charge in [-0.05, 0) is 12.5 Å². The lowest BCUT2D eigenvalue weighted by molar-refractivity contribution is -0.137. The van der Waals surface area contributed by atoms with Gasteiger partial charge < -0.3 is 10.1 Å². The molecule has 0 unspecified atom stereocenters. The van der Waals surface area contributed by atoms with Gasteiger partial charge in [-0.2, -0.15) is 0 Å². The van der Waals surface area contributed by atoms with E-state index in [4.69, 9.17) is 4.74 Å². The second-order valence-corrected chi connectivity index (χ2v) is 3.27. The summed E-state index contributed by atoms with van der Waals surface area (Å²) >= 11 is 0. The van der Waals surface area contributed by atoms with Gasteiger partial charge in [0.25, 0.3) is 0 Å². The highest BCUT2D eigenvalue weighted by Crippen LogP contribution is 1.96. The molecule has 0 amide bonds. The summed E-state index contributed by atoms with van der Waals surface area (Å²) in [5.74, 6) is -0.288. The minimum atomic E-state index is -0.288. The van der Waals surface area contributed by atoms with Crippen LogP contribution in [0.15, 0.2) is 42.5 Å². The second-order valence-electron chi connectivity index (χ2n) is 3.27. The molecule has 16 heavy (non-hydrogen) atoms. The number of ether oxygens (including phenoxy) is 1. The van der Waals surface area contributed by atoms with Gasteiger partial charge in [-0.15, -0.1) is 0 Å². The normalized spacial score (nSPS) is 10.6. The van der Waals surface area contributed by atoms with Gasteiger partial charge in [0.15, 0.2) is 0 Å². The fourth-order valence-electron chi connectivity index (χ4n) is 1.24. The summed E-state index contributed by atoms with van der Waals surface area (Å²) in [6.45, 7) is 3.67. The van der Waals surface area contributed by atoms with Crippen molar-refractivity contribution in [3.8, 4) is 0 Å². The Kier molecular flexibility index (Phi) is 5.96. The largest absolute Gasteiger partial charge is 0.463 e. The molecule has 0 aliphatic rings. The lowest BCUT2D eigenvalue weighted by Crippen LogP contribution is -2.13. The number of esters is 1. The van der Waals surface area contributed by atoms with Crippen LogP contribution in [0.1, 0.15) is 12.5 Å². The molecule has 1 rings (SSSR count). The van der Waals surface area contributed by atoms with Crippen LogP contribution in [-0.2, 0) is 16.1 Å². The Morgan fingerprint density at radius 1 is 1.38 bits per heavy atom. The van der Waals surface area contributed by atoms with Crippen molar-refractivity contribution in [1.82, 2.24) is 5.32 Å². The predicted molar refractivity (Wildman–Crippen MR) is 63.9 cm³/mol. The fraction of sp³-hybridized carbons (Fsp3) is 0.308. The van der Waals surface area contributed by atoms with E-state index in [1.165, 1.54) is 11.6 Å². The van der Waals surface area contributed by atoms with Crippen LogP contribution in [-0.4, -0.2) is 19.1 Å². The van der Waals surface area contributed by atoms with E-state index < -0.39 is 0 Å². The van der Waals surface area contributed by atoms with Crippen LogP contribution in [0, 0.1) is 0 Å². The first kappa shape index (κ1) is 12.5. The highest BCUT2D eigenvalue weighted by Gasteiger charge is 1.92. The van der Waals surface area contributed by atoms with Gasteiger partial charge in [-0.3, -0.25) is 0 Å². The zero-order valence-corrected chi connectivity index (χ0v) is 9.48. The van der Waals surface area contributed by atoms with Crippen molar-refractivity contribution in [2.75, 3.05) is 13.2 Å². The molecule has 0 aromatic heterocycles. The molecule has 0 spiro atoms. The van der Waals surface area contributed by atoms with E-state index in [2.05, 4.69) is 17.4 Å². The first-order chi connectivity index (χ1) is 7.83. The third-order valence-corrected chi connectivity index (χ3v) is 1.97. The standard InChI is InChI=1S/C13H17NO2/c1-2-16-13(15)9-6-10-14-11-12-7-4-3-5-8-12/h3-9,14H,2,10-11H2,1H3/b9-6-. The smallest absolute Gasteiger partial charge is 0.330 e. The molecule has 1 N–H and O–H groups in total. The monoisotopic (exact) mass is 219 g/mol. The molecule has 3 heteroatoms. The quantitative estimate of drug-likeness (QED) is 0.451. The lowest BCUT2D eigenvalue weighted by Gasteiger charge is -2.01. The number of carbonyl (C=O) groups is 1. The molecule has 0 fully saturated rings. The van der Waals surface area contributed by atoms with Crippen molar-refractivity contribution >= 4 is 5.97 Å². The molecule has 0 atom stereocenters. The maximum atomic E-state index is 10.9. The summed E-state index contributed by atoms with van der Waals surface area (Å²) in [5.41, 5.74) is 1.23. The fourth-order valence-corrected chi connectivity index (χ4v) is 1.24. The summed E-state index contributed by atoms with van der Waals surface area (Å²) in [5, 5.41) is 3.20. The second kappa shape index (κ2) is 7.65. The van der Waals surface area contributed by atoms with Gasteiger partial charge >= 0.3 is 5.97 Å². The molecule has 1 aromatic carbocycles. The van der Waals surface area contributed by atoms with E-state index >= 15 is 0 Å². The van der Waals surface area contributed by atoms with Gasteiger partial charge in [-0.1, -0.05) is 36.4 Å². The maximum Gasteiger partial charge on any atom is 0.330 e. The Morgan fingerprint density at radius 3 is 2.81 bits per heavy atom. The van der Waals surface area contributed by atoms with E-state index in [0.29, 0.717) is 13.2 Å². The molecule has 86 valence electrons.